The first kappa shape index (κ1) is 17.8. The van der Waals surface area contributed by atoms with Crippen LogP contribution in [-0.2, 0) is 6.54 Å². The number of hydrogen-bond donors (Lipinski definition) is 2. The number of thiophene rings is 1. The molecular weight excluding hydrogens is 354 g/mol. The van der Waals surface area contributed by atoms with E-state index in [2.05, 4.69) is 40.9 Å². The second-order valence-electron chi connectivity index (χ2n) is 6.61. The first-order chi connectivity index (χ1) is 13.2. The number of nitrogens with zero attached hydrogens (tertiary/aromatic N) is 2. The quantitative estimate of drug-likeness (QED) is 0.421. The first-order valence-electron chi connectivity index (χ1n) is 9.25. The van der Waals surface area contributed by atoms with Crippen molar-refractivity contribution in [1.82, 2.24) is 9.88 Å². The molecule has 2 aromatic carbocycles. The summed E-state index contributed by atoms with van der Waals surface area (Å²) >= 11 is 1.69. The van der Waals surface area contributed by atoms with E-state index in [4.69, 9.17) is 4.98 Å². The number of pyridine rings is 1. The molecule has 4 rings (SSSR count). The predicted molar refractivity (Wildman–Crippen MR) is 115 cm³/mol. The Balaban J connectivity index is 1.72. The summed E-state index contributed by atoms with van der Waals surface area (Å²) in [6.45, 7) is 6.90. The van der Waals surface area contributed by atoms with E-state index in [-0.39, 0.29) is 0 Å². The Labute approximate surface area is 163 Å². The fourth-order valence-electron chi connectivity index (χ4n) is 3.38. The van der Waals surface area contributed by atoms with Crippen molar-refractivity contribution in [3.63, 3.8) is 0 Å². The van der Waals surface area contributed by atoms with Crippen LogP contribution in [0.15, 0.2) is 53.2 Å². The molecule has 0 radical (unpaired) electrons. The van der Waals surface area contributed by atoms with E-state index in [1.807, 2.05) is 30.3 Å². The van der Waals surface area contributed by atoms with E-state index in [0.29, 0.717) is 5.75 Å². The number of hydrogen-bond acceptors (Lipinski definition) is 5. The van der Waals surface area contributed by atoms with Crippen LogP contribution < -0.4 is 5.32 Å². The Morgan fingerprint density at radius 2 is 1.78 bits per heavy atom. The molecule has 138 valence electrons. The van der Waals surface area contributed by atoms with Crippen LogP contribution in [0.3, 0.4) is 0 Å². The fraction of sp³-hybridized carbons (Fsp3) is 0.227. The van der Waals surface area contributed by atoms with Crippen molar-refractivity contribution in [3.8, 4) is 5.75 Å². The Hall–Kier alpha value is -2.63. The summed E-state index contributed by atoms with van der Waals surface area (Å²) in [5.41, 5.74) is 2.84. The van der Waals surface area contributed by atoms with Gasteiger partial charge in [-0.05, 0) is 42.7 Å². The van der Waals surface area contributed by atoms with Crippen LogP contribution >= 0.6 is 11.3 Å². The summed E-state index contributed by atoms with van der Waals surface area (Å²) in [7, 11) is 0. The van der Waals surface area contributed by atoms with Gasteiger partial charge >= 0.3 is 0 Å². The van der Waals surface area contributed by atoms with Crippen molar-refractivity contribution in [2.45, 2.75) is 20.4 Å². The summed E-state index contributed by atoms with van der Waals surface area (Å²) < 4.78 is 0. The number of nitrogens with one attached hydrogen (secondary N) is 1. The Morgan fingerprint density at radius 1 is 1.00 bits per heavy atom. The highest BCUT2D eigenvalue weighted by Crippen LogP contribution is 2.34. The third-order valence-corrected chi connectivity index (χ3v) is 5.72. The van der Waals surface area contributed by atoms with Gasteiger partial charge in [0.1, 0.15) is 11.6 Å². The van der Waals surface area contributed by atoms with Crippen LogP contribution in [0.25, 0.3) is 21.7 Å². The van der Waals surface area contributed by atoms with Gasteiger partial charge in [0.15, 0.2) is 0 Å². The van der Waals surface area contributed by atoms with Gasteiger partial charge in [0.25, 0.3) is 0 Å². The molecule has 0 saturated heterocycles. The van der Waals surface area contributed by atoms with Crippen molar-refractivity contribution in [3.05, 3.63) is 58.8 Å². The SMILES string of the molecule is CCN(CC)Cc1cc(Nc2nc3ccccc3c3cscc23)ccc1O. The van der Waals surface area contributed by atoms with Gasteiger partial charge in [0, 0.05) is 39.3 Å². The second kappa shape index (κ2) is 7.55. The molecule has 5 heteroatoms. The summed E-state index contributed by atoms with van der Waals surface area (Å²) in [5.74, 6) is 1.18. The monoisotopic (exact) mass is 377 g/mol. The van der Waals surface area contributed by atoms with Gasteiger partial charge in [-0.15, -0.1) is 0 Å². The van der Waals surface area contributed by atoms with Crippen LogP contribution in [-0.4, -0.2) is 28.1 Å². The maximum Gasteiger partial charge on any atom is 0.139 e. The molecule has 0 aliphatic heterocycles. The zero-order chi connectivity index (χ0) is 18.8. The molecule has 0 atom stereocenters. The van der Waals surface area contributed by atoms with Crippen LogP contribution in [0.4, 0.5) is 11.5 Å². The highest BCUT2D eigenvalue weighted by atomic mass is 32.1. The largest absolute Gasteiger partial charge is 0.508 e. The minimum absolute atomic E-state index is 0.333. The van der Waals surface area contributed by atoms with Gasteiger partial charge in [0.05, 0.1) is 5.52 Å². The number of aromatic nitrogens is 1. The molecule has 2 heterocycles. The van der Waals surface area contributed by atoms with Gasteiger partial charge in [0.2, 0.25) is 0 Å². The van der Waals surface area contributed by atoms with Gasteiger partial charge in [-0.3, -0.25) is 4.90 Å². The lowest BCUT2D eigenvalue weighted by Crippen LogP contribution is -2.22. The van der Waals surface area contributed by atoms with Gasteiger partial charge in [-0.2, -0.15) is 11.3 Å². The number of para-hydroxylation sites is 1. The van der Waals surface area contributed by atoms with E-state index in [0.717, 1.165) is 47.6 Å². The first-order valence-corrected chi connectivity index (χ1v) is 10.2. The molecule has 0 fully saturated rings. The molecule has 27 heavy (non-hydrogen) atoms. The van der Waals surface area contributed by atoms with E-state index in [1.54, 1.807) is 17.4 Å². The highest BCUT2D eigenvalue weighted by molar-refractivity contribution is 7.09. The number of fused-ring (bicyclic) bond motifs is 3. The summed E-state index contributed by atoms with van der Waals surface area (Å²) in [6.07, 6.45) is 0. The van der Waals surface area contributed by atoms with Gasteiger partial charge in [-0.25, -0.2) is 4.98 Å². The molecule has 4 aromatic rings. The third-order valence-electron chi connectivity index (χ3n) is 4.97. The Kier molecular flexibility index (Phi) is 4.97. The average Bonchev–Trinajstić information content (AvgIpc) is 3.19. The summed E-state index contributed by atoms with van der Waals surface area (Å²) in [6, 6.07) is 13.9. The fourth-order valence-corrected chi connectivity index (χ4v) is 4.21. The van der Waals surface area contributed by atoms with Crippen LogP contribution in [0.1, 0.15) is 19.4 Å². The molecule has 2 aromatic heterocycles. The van der Waals surface area contributed by atoms with Crippen molar-refractivity contribution in [2.24, 2.45) is 0 Å². The number of phenolic OH excluding ortho intramolecular Hbond substituents is 1. The predicted octanol–water partition coefficient (Wildman–Crippen LogP) is 5.74. The van der Waals surface area contributed by atoms with Crippen LogP contribution in [0.2, 0.25) is 0 Å². The number of anilines is 2. The molecule has 0 aliphatic rings. The van der Waals surface area contributed by atoms with Crippen molar-refractivity contribution >= 4 is 44.5 Å². The zero-order valence-electron chi connectivity index (χ0n) is 15.6. The number of benzene rings is 2. The minimum Gasteiger partial charge on any atom is -0.508 e. The normalized spacial score (nSPS) is 11.5. The molecule has 0 spiro atoms. The lowest BCUT2D eigenvalue weighted by Gasteiger charge is -2.19. The Morgan fingerprint density at radius 3 is 2.59 bits per heavy atom. The number of aromatic hydroxyl groups is 1. The van der Waals surface area contributed by atoms with Gasteiger partial charge < -0.3 is 10.4 Å². The molecule has 0 saturated carbocycles. The van der Waals surface area contributed by atoms with E-state index in [1.165, 1.54) is 10.8 Å². The standard InChI is InChI=1S/C22H23N3OS/c1-3-25(4-2)12-15-11-16(9-10-21(15)26)23-22-19-14-27-13-18(19)17-7-5-6-8-20(17)24-22/h5-11,13-14,26H,3-4,12H2,1-2H3,(H,23,24). The van der Waals surface area contributed by atoms with Crippen molar-refractivity contribution in [1.29, 1.82) is 0 Å². The van der Waals surface area contributed by atoms with E-state index >= 15 is 0 Å². The van der Waals surface area contributed by atoms with Gasteiger partial charge in [-0.1, -0.05) is 32.0 Å². The lowest BCUT2D eigenvalue weighted by molar-refractivity contribution is 0.291. The molecular formula is C22H23N3OS. The van der Waals surface area contributed by atoms with Crippen LogP contribution in [0, 0.1) is 0 Å². The average molecular weight is 378 g/mol. The molecule has 0 bridgehead atoms. The lowest BCUT2D eigenvalue weighted by atomic mass is 10.1. The number of phenols is 1. The highest BCUT2D eigenvalue weighted by Gasteiger charge is 2.11. The summed E-state index contributed by atoms with van der Waals surface area (Å²) in [5, 5.41) is 21.5. The van der Waals surface area contributed by atoms with Crippen molar-refractivity contribution < 1.29 is 5.11 Å². The molecule has 4 nitrogen and oxygen atoms in total. The maximum absolute atomic E-state index is 10.3. The van der Waals surface area contributed by atoms with Crippen molar-refractivity contribution in [2.75, 3.05) is 18.4 Å². The molecule has 0 aliphatic carbocycles. The van der Waals surface area contributed by atoms with Crippen LogP contribution in [0.5, 0.6) is 5.75 Å². The molecule has 0 amide bonds. The third kappa shape index (κ3) is 3.48. The van der Waals surface area contributed by atoms with E-state index in [9.17, 15) is 5.11 Å². The maximum atomic E-state index is 10.3. The molecule has 2 N–H and O–H groups in total. The topological polar surface area (TPSA) is 48.4 Å². The smallest absolute Gasteiger partial charge is 0.139 e. The second-order valence-corrected chi connectivity index (χ2v) is 7.35. The number of rotatable bonds is 6. The molecule has 0 unspecified atom stereocenters. The zero-order valence-corrected chi connectivity index (χ0v) is 16.4. The Bertz CT molecular complexity index is 1090. The van der Waals surface area contributed by atoms with E-state index < -0.39 is 0 Å². The summed E-state index contributed by atoms with van der Waals surface area (Å²) in [4.78, 5) is 7.12. The minimum atomic E-state index is 0.333.